The number of benzene rings is 2. The van der Waals surface area contributed by atoms with E-state index in [9.17, 15) is 10.2 Å². The Labute approximate surface area is 186 Å². The molecular formula is C22H30N2O4Pd. The first-order valence-electron chi connectivity index (χ1n) is 9.39. The zero-order valence-electron chi connectivity index (χ0n) is 16.8. The van der Waals surface area contributed by atoms with Crippen molar-refractivity contribution in [2.75, 3.05) is 13.2 Å². The third-order valence-electron chi connectivity index (χ3n) is 4.09. The van der Waals surface area contributed by atoms with Gasteiger partial charge in [-0.05, 0) is 37.1 Å². The van der Waals surface area contributed by atoms with E-state index >= 15 is 0 Å². The molecule has 0 spiro atoms. The number of aliphatic hydroxyl groups is 2. The summed E-state index contributed by atoms with van der Waals surface area (Å²) in [5, 5.41) is 36.6. The number of para-hydroxylation sites is 2. The van der Waals surface area contributed by atoms with Crippen molar-refractivity contribution >= 4 is 12.4 Å². The van der Waals surface area contributed by atoms with Crippen molar-refractivity contribution in [2.45, 2.75) is 38.8 Å². The second kappa shape index (κ2) is 15.8. The van der Waals surface area contributed by atoms with Crippen molar-refractivity contribution in [3.05, 3.63) is 59.7 Å². The molecule has 0 heterocycles. The smallest absolute Gasteiger partial charge is 0.124 e. The number of rotatable bonds is 8. The molecule has 162 valence electrons. The van der Waals surface area contributed by atoms with Gasteiger partial charge in [-0.15, -0.1) is 0 Å². The topological polar surface area (TPSA) is 106 Å². The molecule has 0 unspecified atom stereocenters. The number of aliphatic hydroxyl groups excluding tert-OH is 2. The van der Waals surface area contributed by atoms with E-state index in [1.165, 1.54) is 0 Å². The maximum Gasteiger partial charge on any atom is 0.124 e. The van der Waals surface area contributed by atoms with Crippen LogP contribution in [0.25, 0.3) is 0 Å². The summed E-state index contributed by atoms with van der Waals surface area (Å²) >= 11 is 0. The molecule has 0 aliphatic heterocycles. The van der Waals surface area contributed by atoms with Gasteiger partial charge in [0.05, 0.1) is 25.3 Å². The molecule has 29 heavy (non-hydrogen) atoms. The van der Waals surface area contributed by atoms with Gasteiger partial charge in [0.25, 0.3) is 0 Å². The predicted molar refractivity (Wildman–Crippen MR) is 114 cm³/mol. The summed E-state index contributed by atoms with van der Waals surface area (Å²) < 4.78 is 0. The number of nitrogens with zero attached hydrogens (tertiary/aromatic N) is 2. The third-order valence-corrected chi connectivity index (χ3v) is 4.09. The van der Waals surface area contributed by atoms with Crippen LogP contribution in [0.3, 0.4) is 0 Å². The molecule has 4 N–H and O–H groups in total. The minimum Gasteiger partial charge on any atom is -0.507 e. The minimum atomic E-state index is -0.0744. The summed E-state index contributed by atoms with van der Waals surface area (Å²) in [5.41, 5.74) is 1.36. The predicted octanol–water partition coefficient (Wildman–Crippen LogP) is 3.16. The first-order valence-corrected chi connectivity index (χ1v) is 9.39. The first-order chi connectivity index (χ1) is 13.5. The molecule has 0 fully saturated rings. The number of hydrogen-bond acceptors (Lipinski definition) is 6. The number of hydrogen-bond donors (Lipinski definition) is 4. The fraction of sp³-hybridized carbons (Fsp3) is 0.364. The Bertz CT molecular complexity index is 682. The van der Waals surface area contributed by atoms with Crippen molar-refractivity contribution in [1.29, 1.82) is 0 Å². The van der Waals surface area contributed by atoms with Crippen molar-refractivity contribution in [3.63, 3.8) is 0 Å². The van der Waals surface area contributed by atoms with Crippen LogP contribution in [0.4, 0.5) is 0 Å². The molecule has 0 aromatic heterocycles. The van der Waals surface area contributed by atoms with E-state index in [1.54, 1.807) is 48.8 Å². The van der Waals surface area contributed by atoms with Gasteiger partial charge in [0.2, 0.25) is 0 Å². The monoisotopic (exact) mass is 492 g/mol. The van der Waals surface area contributed by atoms with Gasteiger partial charge in [0.15, 0.2) is 0 Å². The molecule has 6 nitrogen and oxygen atoms in total. The second-order valence-electron chi connectivity index (χ2n) is 6.16. The van der Waals surface area contributed by atoms with Crippen LogP contribution in [0.15, 0.2) is 58.5 Å². The molecule has 0 aliphatic carbocycles. The summed E-state index contributed by atoms with van der Waals surface area (Å²) in [4.78, 5) is 8.31. The van der Waals surface area contributed by atoms with Crippen LogP contribution < -0.4 is 0 Å². The van der Waals surface area contributed by atoms with Crippen molar-refractivity contribution in [1.82, 2.24) is 0 Å². The summed E-state index contributed by atoms with van der Waals surface area (Å²) in [7, 11) is 0. The molecular weight excluding hydrogens is 463 g/mol. The van der Waals surface area contributed by atoms with Crippen LogP contribution in [0.2, 0.25) is 0 Å². The van der Waals surface area contributed by atoms with Gasteiger partial charge in [-0.3, -0.25) is 9.98 Å². The summed E-state index contributed by atoms with van der Waals surface area (Å²) in [6.07, 6.45) is 4.78. The Morgan fingerprint density at radius 1 is 0.724 bits per heavy atom. The van der Waals surface area contributed by atoms with Gasteiger partial charge in [0.1, 0.15) is 11.5 Å². The average molecular weight is 493 g/mol. The van der Waals surface area contributed by atoms with Gasteiger partial charge in [-0.2, -0.15) is 0 Å². The van der Waals surface area contributed by atoms with Crippen LogP contribution in [0.1, 0.15) is 37.8 Å². The molecule has 7 heteroatoms. The number of phenolic OH excluding ortho intramolecular Hbond substituents is 2. The van der Waals surface area contributed by atoms with E-state index in [-0.39, 0.29) is 57.2 Å². The molecule has 0 amide bonds. The Kier molecular flexibility index (Phi) is 14.7. The van der Waals surface area contributed by atoms with Crippen LogP contribution in [-0.4, -0.2) is 58.2 Å². The fourth-order valence-electron chi connectivity index (χ4n) is 2.13. The maximum absolute atomic E-state index is 9.42. The Hall–Kier alpha value is -2.04. The number of aliphatic imine (C=N–C) groups is 2. The summed E-state index contributed by atoms with van der Waals surface area (Å²) in [5.74, 6) is 0.424. The molecule has 0 aliphatic rings. The van der Waals surface area contributed by atoms with E-state index in [0.29, 0.717) is 11.1 Å². The molecule has 0 radical (unpaired) electrons. The van der Waals surface area contributed by atoms with E-state index in [1.807, 2.05) is 26.0 Å². The summed E-state index contributed by atoms with van der Waals surface area (Å²) in [6.45, 7) is 4.01. The maximum atomic E-state index is 9.42. The molecule has 0 bridgehead atoms. The van der Waals surface area contributed by atoms with E-state index in [4.69, 9.17) is 10.2 Å². The Balaban J connectivity index is 0.000000523. The molecule has 0 saturated carbocycles. The molecule has 2 rings (SSSR count). The zero-order chi connectivity index (χ0) is 20.8. The second-order valence-corrected chi connectivity index (χ2v) is 6.16. The van der Waals surface area contributed by atoms with Crippen LogP contribution in [-0.2, 0) is 20.4 Å². The van der Waals surface area contributed by atoms with Gasteiger partial charge < -0.3 is 20.4 Å². The summed E-state index contributed by atoms with van der Waals surface area (Å²) in [6, 6.07) is 13.8. The van der Waals surface area contributed by atoms with Crippen LogP contribution >= 0.6 is 0 Å². The number of phenols is 2. The number of aromatic hydroxyl groups is 2. The van der Waals surface area contributed by atoms with E-state index in [2.05, 4.69) is 9.98 Å². The van der Waals surface area contributed by atoms with E-state index < -0.39 is 0 Å². The molecule has 2 aromatic carbocycles. The van der Waals surface area contributed by atoms with Crippen LogP contribution in [0, 0.1) is 0 Å². The average Bonchev–Trinajstić information content (AvgIpc) is 2.72. The van der Waals surface area contributed by atoms with Crippen molar-refractivity contribution in [3.8, 4) is 11.5 Å². The standard InChI is InChI=1S/2C11H15NO2.Pd/c2*1-2-10(8-13)12-7-9-5-3-4-6-11(9)14;/h2*3-7,10,13-14H,2,8H2,1H3;/t2*10-;/m11./s1. The fourth-order valence-corrected chi connectivity index (χ4v) is 2.13. The van der Waals surface area contributed by atoms with Gasteiger partial charge in [0, 0.05) is 44.0 Å². The van der Waals surface area contributed by atoms with Crippen molar-refractivity contribution in [2.24, 2.45) is 9.98 Å². The Morgan fingerprint density at radius 3 is 1.34 bits per heavy atom. The van der Waals surface area contributed by atoms with Crippen LogP contribution in [0.5, 0.6) is 11.5 Å². The van der Waals surface area contributed by atoms with E-state index in [0.717, 1.165) is 12.8 Å². The molecule has 2 aromatic rings. The third kappa shape index (κ3) is 10.3. The molecule has 2 atom stereocenters. The van der Waals surface area contributed by atoms with Gasteiger partial charge in [-0.1, -0.05) is 38.1 Å². The minimum absolute atomic E-state index is 0. The van der Waals surface area contributed by atoms with Crippen molar-refractivity contribution < 1.29 is 40.8 Å². The van der Waals surface area contributed by atoms with Gasteiger partial charge >= 0.3 is 0 Å². The molecule has 0 saturated heterocycles. The van der Waals surface area contributed by atoms with Gasteiger partial charge in [-0.25, -0.2) is 0 Å². The first kappa shape index (κ1) is 27.0. The largest absolute Gasteiger partial charge is 0.507 e. The quantitative estimate of drug-likeness (QED) is 0.335. The SMILES string of the molecule is CC[C@H](CO)N=Cc1ccccc1O.CC[C@H](CO)N=Cc1ccccc1O.[Pd]. The Morgan fingerprint density at radius 2 is 1.07 bits per heavy atom. The zero-order valence-corrected chi connectivity index (χ0v) is 18.3. The normalized spacial score (nSPS) is 12.8.